The molecule has 1 rings (SSSR count). The maximum atomic E-state index is 5.76. The quantitative estimate of drug-likeness (QED) is 0.641. The van der Waals surface area contributed by atoms with Crippen LogP contribution in [-0.4, -0.2) is 0 Å². The second-order valence-corrected chi connectivity index (χ2v) is 2.89. The van der Waals surface area contributed by atoms with Crippen molar-refractivity contribution < 1.29 is 5.73 Å². The van der Waals surface area contributed by atoms with E-state index in [1.54, 1.807) is 0 Å². The van der Waals surface area contributed by atoms with Gasteiger partial charge in [0.15, 0.2) is 0 Å². The number of benzene rings is 1. The molecule has 2 heteroatoms. The Labute approximate surface area is 65.8 Å². The van der Waals surface area contributed by atoms with E-state index in [9.17, 15) is 0 Å². The van der Waals surface area contributed by atoms with E-state index in [-0.39, 0.29) is 0 Å². The molecule has 1 aromatic carbocycles. The molecule has 3 N–H and O–H groups in total. The summed E-state index contributed by atoms with van der Waals surface area (Å²) >= 11 is 5.76. The summed E-state index contributed by atoms with van der Waals surface area (Å²) in [4.78, 5) is 0. The molecule has 0 fully saturated rings. The summed E-state index contributed by atoms with van der Waals surface area (Å²) in [5.74, 6) is 0. The fraction of sp³-hybridized carbons (Fsp3) is 0.250. The zero-order chi connectivity index (χ0) is 7.56. The number of halogens is 1. The SMILES string of the molecule is C[C@H]([NH3+])c1cccc(Cl)c1. The van der Waals surface area contributed by atoms with Crippen molar-refractivity contribution in [3.05, 3.63) is 34.9 Å². The lowest BCUT2D eigenvalue weighted by Crippen LogP contribution is -2.51. The topological polar surface area (TPSA) is 27.6 Å². The Morgan fingerprint density at radius 2 is 2.20 bits per heavy atom. The minimum Gasteiger partial charge on any atom is -0.352 e. The van der Waals surface area contributed by atoms with Gasteiger partial charge in [0.25, 0.3) is 0 Å². The Bertz CT molecular complexity index is 220. The average molecular weight is 157 g/mol. The maximum absolute atomic E-state index is 5.76. The number of hydrogen-bond acceptors (Lipinski definition) is 0. The van der Waals surface area contributed by atoms with Crippen molar-refractivity contribution in [2.75, 3.05) is 0 Å². The normalized spacial score (nSPS) is 13.1. The molecule has 1 aromatic rings. The summed E-state index contributed by atoms with van der Waals surface area (Å²) < 4.78 is 0. The summed E-state index contributed by atoms with van der Waals surface area (Å²) in [7, 11) is 0. The number of rotatable bonds is 1. The van der Waals surface area contributed by atoms with Crippen molar-refractivity contribution in [2.45, 2.75) is 13.0 Å². The monoisotopic (exact) mass is 156 g/mol. The Morgan fingerprint density at radius 1 is 1.50 bits per heavy atom. The summed E-state index contributed by atoms with van der Waals surface area (Å²) in [6.07, 6.45) is 0. The molecule has 10 heavy (non-hydrogen) atoms. The van der Waals surface area contributed by atoms with Gasteiger partial charge in [-0.3, -0.25) is 0 Å². The standard InChI is InChI=1S/C8H10ClN/c1-6(10)7-3-2-4-8(9)5-7/h2-6H,10H2,1H3/p+1/t6-/m0/s1. The molecule has 0 unspecified atom stereocenters. The van der Waals surface area contributed by atoms with Crippen LogP contribution in [0.2, 0.25) is 5.02 Å². The van der Waals surface area contributed by atoms with E-state index in [2.05, 4.69) is 5.73 Å². The van der Waals surface area contributed by atoms with E-state index < -0.39 is 0 Å². The van der Waals surface area contributed by atoms with Crippen LogP contribution < -0.4 is 5.73 Å². The van der Waals surface area contributed by atoms with Gasteiger partial charge in [-0.25, -0.2) is 0 Å². The molecule has 1 atom stereocenters. The first-order valence-corrected chi connectivity index (χ1v) is 3.66. The van der Waals surface area contributed by atoms with Crippen molar-refractivity contribution >= 4 is 11.6 Å². The lowest BCUT2D eigenvalue weighted by molar-refractivity contribution is -0.420. The summed E-state index contributed by atoms with van der Waals surface area (Å²) in [5, 5.41) is 0.785. The van der Waals surface area contributed by atoms with Crippen LogP contribution in [0.1, 0.15) is 18.5 Å². The fourth-order valence-electron chi connectivity index (χ4n) is 0.813. The van der Waals surface area contributed by atoms with Crippen molar-refractivity contribution in [3.8, 4) is 0 Å². The van der Waals surface area contributed by atoms with Crippen molar-refractivity contribution in [1.29, 1.82) is 0 Å². The third-order valence-corrected chi connectivity index (χ3v) is 1.65. The minimum absolute atomic E-state index is 0.318. The first-order valence-electron chi connectivity index (χ1n) is 3.28. The van der Waals surface area contributed by atoms with Gasteiger partial charge < -0.3 is 5.73 Å². The predicted octanol–water partition coefficient (Wildman–Crippen LogP) is 1.64. The zero-order valence-corrected chi connectivity index (χ0v) is 6.73. The van der Waals surface area contributed by atoms with Crippen LogP contribution in [0.25, 0.3) is 0 Å². The molecule has 54 valence electrons. The molecular weight excluding hydrogens is 146 g/mol. The lowest BCUT2D eigenvalue weighted by atomic mass is 10.1. The molecule has 0 aliphatic carbocycles. The summed E-state index contributed by atoms with van der Waals surface area (Å²) in [5.41, 5.74) is 5.08. The Morgan fingerprint density at radius 3 is 2.60 bits per heavy atom. The highest BCUT2D eigenvalue weighted by molar-refractivity contribution is 6.30. The smallest absolute Gasteiger partial charge is 0.107 e. The van der Waals surface area contributed by atoms with Gasteiger partial charge in [0.2, 0.25) is 0 Å². The van der Waals surface area contributed by atoms with Crippen LogP contribution in [0.3, 0.4) is 0 Å². The van der Waals surface area contributed by atoms with E-state index in [1.807, 2.05) is 31.2 Å². The van der Waals surface area contributed by atoms with Gasteiger partial charge in [0.05, 0.1) is 0 Å². The van der Waals surface area contributed by atoms with E-state index in [0.29, 0.717) is 6.04 Å². The molecule has 0 aliphatic rings. The molecule has 0 aromatic heterocycles. The molecular formula is C8H11ClN+. The first kappa shape index (κ1) is 7.58. The lowest BCUT2D eigenvalue weighted by Gasteiger charge is -2.00. The van der Waals surface area contributed by atoms with Crippen LogP contribution in [0.5, 0.6) is 0 Å². The molecule has 0 radical (unpaired) electrons. The zero-order valence-electron chi connectivity index (χ0n) is 5.97. The Hall–Kier alpha value is -0.530. The van der Waals surface area contributed by atoms with Crippen molar-refractivity contribution in [2.24, 2.45) is 0 Å². The van der Waals surface area contributed by atoms with Gasteiger partial charge in [-0.1, -0.05) is 23.7 Å². The highest BCUT2D eigenvalue weighted by Crippen LogP contribution is 2.13. The van der Waals surface area contributed by atoms with E-state index in [1.165, 1.54) is 5.56 Å². The van der Waals surface area contributed by atoms with Gasteiger partial charge in [0.1, 0.15) is 6.04 Å². The minimum atomic E-state index is 0.318. The molecule has 0 amide bonds. The third kappa shape index (κ3) is 1.72. The summed E-state index contributed by atoms with van der Waals surface area (Å²) in [6, 6.07) is 8.11. The molecule has 0 saturated heterocycles. The molecule has 0 bridgehead atoms. The number of hydrogen-bond donors (Lipinski definition) is 1. The summed E-state index contributed by atoms with van der Waals surface area (Å²) in [6.45, 7) is 2.05. The second-order valence-electron chi connectivity index (χ2n) is 2.46. The van der Waals surface area contributed by atoms with Gasteiger partial charge in [-0.05, 0) is 19.1 Å². The Balaban J connectivity index is 2.96. The second kappa shape index (κ2) is 3.04. The van der Waals surface area contributed by atoms with Crippen LogP contribution >= 0.6 is 11.6 Å². The first-order chi connectivity index (χ1) is 4.70. The average Bonchev–Trinajstić information content (AvgIpc) is 1.88. The van der Waals surface area contributed by atoms with Crippen molar-refractivity contribution in [1.82, 2.24) is 0 Å². The molecule has 0 heterocycles. The Kier molecular flexibility index (Phi) is 2.30. The van der Waals surface area contributed by atoms with Gasteiger partial charge in [-0.2, -0.15) is 0 Å². The number of quaternary nitrogens is 1. The maximum Gasteiger partial charge on any atom is 0.107 e. The molecule has 1 nitrogen and oxygen atoms in total. The largest absolute Gasteiger partial charge is 0.352 e. The van der Waals surface area contributed by atoms with Crippen LogP contribution in [0, 0.1) is 0 Å². The molecule has 0 aliphatic heterocycles. The van der Waals surface area contributed by atoms with Crippen LogP contribution in [0.15, 0.2) is 24.3 Å². The fourth-order valence-corrected chi connectivity index (χ4v) is 1.01. The van der Waals surface area contributed by atoms with Crippen molar-refractivity contribution in [3.63, 3.8) is 0 Å². The van der Waals surface area contributed by atoms with Gasteiger partial charge >= 0.3 is 0 Å². The van der Waals surface area contributed by atoms with Gasteiger partial charge in [-0.15, -0.1) is 0 Å². The molecule has 0 spiro atoms. The van der Waals surface area contributed by atoms with Crippen LogP contribution in [-0.2, 0) is 0 Å². The highest BCUT2D eigenvalue weighted by Gasteiger charge is 2.00. The van der Waals surface area contributed by atoms with Crippen LogP contribution in [0.4, 0.5) is 0 Å². The van der Waals surface area contributed by atoms with E-state index in [0.717, 1.165) is 5.02 Å². The molecule has 0 saturated carbocycles. The third-order valence-electron chi connectivity index (χ3n) is 1.42. The van der Waals surface area contributed by atoms with E-state index in [4.69, 9.17) is 11.6 Å². The highest BCUT2D eigenvalue weighted by atomic mass is 35.5. The van der Waals surface area contributed by atoms with Gasteiger partial charge in [0, 0.05) is 10.6 Å². The van der Waals surface area contributed by atoms with E-state index >= 15 is 0 Å². The predicted molar refractivity (Wildman–Crippen MR) is 42.8 cm³/mol.